The quantitative estimate of drug-likeness (QED) is 0.531. The highest BCUT2D eigenvalue weighted by molar-refractivity contribution is 7.89. The molecule has 2 aromatic carbocycles. The first-order valence-corrected chi connectivity index (χ1v) is 9.18. The molecular formula is C18H15N3O4S. The van der Waals surface area contributed by atoms with Crippen molar-refractivity contribution >= 4 is 15.7 Å². The van der Waals surface area contributed by atoms with Gasteiger partial charge in [-0.2, -0.15) is 0 Å². The standard InChI is InChI=1S/C18H15N3O4S/c22-21(23)17-6-1-2-7-18(17)26(24,25)20-13-14-4-3-5-16(12-14)15-8-10-19-11-9-15/h1-12,20H,13H2. The molecule has 3 aromatic rings. The number of hydrogen-bond donors (Lipinski definition) is 1. The lowest BCUT2D eigenvalue weighted by Gasteiger charge is -2.09. The van der Waals surface area contributed by atoms with Crippen molar-refractivity contribution in [2.45, 2.75) is 11.4 Å². The van der Waals surface area contributed by atoms with Gasteiger partial charge in [-0.15, -0.1) is 0 Å². The highest BCUT2D eigenvalue weighted by Crippen LogP contribution is 2.23. The summed E-state index contributed by atoms with van der Waals surface area (Å²) in [5.74, 6) is 0. The molecule has 0 bridgehead atoms. The zero-order valence-corrected chi connectivity index (χ0v) is 14.4. The molecule has 0 saturated carbocycles. The van der Waals surface area contributed by atoms with E-state index in [0.717, 1.165) is 16.7 Å². The van der Waals surface area contributed by atoms with Crippen LogP contribution in [-0.4, -0.2) is 18.3 Å². The SMILES string of the molecule is O=[N+]([O-])c1ccccc1S(=O)(=O)NCc1cccc(-c2ccncc2)c1. The molecule has 0 aliphatic heterocycles. The number of hydrogen-bond acceptors (Lipinski definition) is 5. The molecule has 0 aliphatic rings. The van der Waals surface area contributed by atoms with Gasteiger partial charge in [-0.05, 0) is 41.0 Å². The molecule has 0 aliphatic carbocycles. The van der Waals surface area contributed by atoms with Crippen molar-refractivity contribution in [1.29, 1.82) is 0 Å². The fraction of sp³-hybridized carbons (Fsp3) is 0.0556. The number of para-hydroxylation sites is 1. The first-order chi connectivity index (χ1) is 12.5. The van der Waals surface area contributed by atoms with Gasteiger partial charge in [0.25, 0.3) is 5.69 Å². The van der Waals surface area contributed by atoms with E-state index in [2.05, 4.69) is 9.71 Å². The molecule has 0 radical (unpaired) electrons. The number of nitrogens with zero attached hydrogens (tertiary/aromatic N) is 2. The Morgan fingerprint density at radius 3 is 2.42 bits per heavy atom. The second-order valence-electron chi connectivity index (χ2n) is 5.49. The molecule has 0 spiro atoms. The summed E-state index contributed by atoms with van der Waals surface area (Å²) in [5, 5.41) is 11.1. The molecule has 1 heterocycles. The second-order valence-corrected chi connectivity index (χ2v) is 7.22. The van der Waals surface area contributed by atoms with Gasteiger partial charge in [0, 0.05) is 25.0 Å². The van der Waals surface area contributed by atoms with E-state index in [9.17, 15) is 18.5 Å². The second kappa shape index (κ2) is 7.42. The smallest absolute Gasteiger partial charge is 0.265 e. The fourth-order valence-electron chi connectivity index (χ4n) is 2.50. The van der Waals surface area contributed by atoms with Crippen molar-refractivity contribution in [3.8, 4) is 11.1 Å². The number of nitrogens with one attached hydrogen (secondary N) is 1. The van der Waals surface area contributed by atoms with Crippen LogP contribution in [0.5, 0.6) is 0 Å². The van der Waals surface area contributed by atoms with E-state index >= 15 is 0 Å². The van der Waals surface area contributed by atoms with Gasteiger partial charge in [-0.25, -0.2) is 13.1 Å². The third kappa shape index (κ3) is 3.93. The zero-order chi connectivity index (χ0) is 18.6. The maximum absolute atomic E-state index is 12.5. The summed E-state index contributed by atoms with van der Waals surface area (Å²) in [7, 11) is -4.01. The lowest BCUT2D eigenvalue weighted by atomic mass is 10.0. The normalized spacial score (nSPS) is 11.2. The van der Waals surface area contributed by atoms with Crippen LogP contribution in [0, 0.1) is 10.1 Å². The van der Waals surface area contributed by atoms with Crippen LogP contribution in [0.25, 0.3) is 11.1 Å². The molecule has 7 nitrogen and oxygen atoms in total. The molecular weight excluding hydrogens is 354 g/mol. The minimum atomic E-state index is -4.01. The number of benzene rings is 2. The van der Waals surface area contributed by atoms with Gasteiger partial charge in [-0.3, -0.25) is 15.1 Å². The van der Waals surface area contributed by atoms with Gasteiger partial charge in [0.1, 0.15) is 0 Å². The van der Waals surface area contributed by atoms with Gasteiger partial charge in [0.15, 0.2) is 4.90 Å². The van der Waals surface area contributed by atoms with Gasteiger partial charge in [-0.1, -0.05) is 30.3 Å². The van der Waals surface area contributed by atoms with Crippen LogP contribution in [0.3, 0.4) is 0 Å². The lowest BCUT2D eigenvalue weighted by molar-refractivity contribution is -0.387. The summed E-state index contributed by atoms with van der Waals surface area (Å²) in [4.78, 5) is 14.0. The van der Waals surface area contributed by atoms with Crippen LogP contribution < -0.4 is 4.72 Å². The van der Waals surface area contributed by atoms with Gasteiger partial charge < -0.3 is 0 Å². The zero-order valence-electron chi connectivity index (χ0n) is 13.6. The first kappa shape index (κ1) is 17.7. The van der Waals surface area contributed by atoms with E-state index in [1.165, 1.54) is 24.3 Å². The number of aromatic nitrogens is 1. The topological polar surface area (TPSA) is 102 Å². The molecule has 0 unspecified atom stereocenters. The molecule has 0 amide bonds. The minimum absolute atomic E-state index is 0.0211. The predicted molar refractivity (Wildman–Crippen MR) is 96.8 cm³/mol. The van der Waals surface area contributed by atoms with Crippen molar-refractivity contribution in [3.63, 3.8) is 0 Å². The van der Waals surface area contributed by atoms with Crippen molar-refractivity contribution < 1.29 is 13.3 Å². The van der Waals surface area contributed by atoms with E-state index < -0.39 is 20.6 Å². The number of nitro benzene ring substituents is 1. The molecule has 26 heavy (non-hydrogen) atoms. The van der Waals surface area contributed by atoms with E-state index in [1.807, 2.05) is 30.3 Å². The highest BCUT2D eigenvalue weighted by Gasteiger charge is 2.24. The number of pyridine rings is 1. The molecule has 8 heteroatoms. The Bertz CT molecular complexity index is 1040. The molecule has 0 fully saturated rings. The summed E-state index contributed by atoms with van der Waals surface area (Å²) in [6.45, 7) is 0.0211. The highest BCUT2D eigenvalue weighted by atomic mass is 32.2. The summed E-state index contributed by atoms with van der Waals surface area (Å²) >= 11 is 0. The van der Waals surface area contributed by atoms with Crippen LogP contribution >= 0.6 is 0 Å². The Hall–Kier alpha value is -3.10. The van der Waals surface area contributed by atoms with Crippen molar-refractivity contribution in [2.24, 2.45) is 0 Å². The summed E-state index contributed by atoms with van der Waals surface area (Å²) in [6, 6.07) is 16.4. The molecule has 132 valence electrons. The van der Waals surface area contributed by atoms with E-state index in [1.54, 1.807) is 18.5 Å². The number of sulfonamides is 1. The third-order valence-electron chi connectivity index (χ3n) is 3.76. The summed E-state index contributed by atoms with van der Waals surface area (Å²) in [5.41, 5.74) is 2.17. The molecule has 1 N–H and O–H groups in total. The average molecular weight is 369 g/mol. The molecule has 1 aromatic heterocycles. The molecule has 0 atom stereocenters. The van der Waals surface area contributed by atoms with Crippen molar-refractivity contribution in [2.75, 3.05) is 0 Å². The van der Waals surface area contributed by atoms with Gasteiger partial charge in [0.2, 0.25) is 10.0 Å². The fourth-order valence-corrected chi connectivity index (χ4v) is 3.68. The molecule has 0 saturated heterocycles. The van der Waals surface area contributed by atoms with Crippen LogP contribution in [0.1, 0.15) is 5.56 Å². The Morgan fingerprint density at radius 2 is 1.69 bits per heavy atom. The van der Waals surface area contributed by atoms with E-state index in [-0.39, 0.29) is 11.4 Å². The Morgan fingerprint density at radius 1 is 0.962 bits per heavy atom. The van der Waals surface area contributed by atoms with Crippen molar-refractivity contribution in [1.82, 2.24) is 9.71 Å². The monoisotopic (exact) mass is 369 g/mol. The maximum atomic E-state index is 12.5. The Labute approximate surface area is 150 Å². The predicted octanol–water partition coefficient (Wildman–Crippen LogP) is 3.14. The summed E-state index contributed by atoms with van der Waals surface area (Å²) in [6.07, 6.45) is 3.36. The largest absolute Gasteiger partial charge is 0.289 e. The molecule has 3 rings (SSSR count). The Kier molecular flexibility index (Phi) is 5.06. The van der Waals surface area contributed by atoms with Gasteiger partial charge in [0.05, 0.1) is 4.92 Å². The minimum Gasteiger partial charge on any atom is -0.265 e. The number of rotatable bonds is 6. The van der Waals surface area contributed by atoms with E-state index in [4.69, 9.17) is 0 Å². The average Bonchev–Trinajstić information content (AvgIpc) is 2.67. The third-order valence-corrected chi connectivity index (χ3v) is 5.21. The van der Waals surface area contributed by atoms with Crippen LogP contribution in [0.2, 0.25) is 0 Å². The lowest BCUT2D eigenvalue weighted by Crippen LogP contribution is -2.24. The van der Waals surface area contributed by atoms with Crippen LogP contribution in [0.15, 0.2) is 78.0 Å². The Balaban J connectivity index is 1.82. The summed E-state index contributed by atoms with van der Waals surface area (Å²) < 4.78 is 27.3. The van der Waals surface area contributed by atoms with Crippen molar-refractivity contribution in [3.05, 3.63) is 88.7 Å². The van der Waals surface area contributed by atoms with E-state index in [0.29, 0.717) is 0 Å². The van der Waals surface area contributed by atoms with Gasteiger partial charge >= 0.3 is 0 Å². The van der Waals surface area contributed by atoms with Crippen LogP contribution in [0.4, 0.5) is 5.69 Å². The number of nitro groups is 1. The van der Waals surface area contributed by atoms with Crippen LogP contribution in [-0.2, 0) is 16.6 Å². The first-order valence-electron chi connectivity index (χ1n) is 7.70. The maximum Gasteiger partial charge on any atom is 0.289 e.